The summed E-state index contributed by atoms with van der Waals surface area (Å²) in [4.78, 5) is 0. The van der Waals surface area contributed by atoms with Crippen molar-refractivity contribution in [3.05, 3.63) is 59.7 Å². The van der Waals surface area contributed by atoms with Gasteiger partial charge in [-0.25, -0.2) is 0 Å². The first-order chi connectivity index (χ1) is 8.15. The van der Waals surface area contributed by atoms with Crippen LogP contribution < -0.4 is 0 Å². The van der Waals surface area contributed by atoms with Gasteiger partial charge < -0.3 is 0 Å². The lowest BCUT2D eigenvalue weighted by molar-refractivity contribution is 0.398. The van der Waals surface area contributed by atoms with Crippen molar-refractivity contribution in [1.82, 2.24) is 0 Å². The van der Waals surface area contributed by atoms with E-state index in [4.69, 9.17) is 0 Å². The fourth-order valence-corrected chi connectivity index (χ4v) is 2.90. The summed E-state index contributed by atoms with van der Waals surface area (Å²) in [5, 5.41) is 0. The quantitative estimate of drug-likeness (QED) is 0.673. The highest BCUT2D eigenvalue weighted by molar-refractivity contribution is 5.38. The van der Waals surface area contributed by atoms with E-state index in [9.17, 15) is 0 Å². The molecule has 0 radical (unpaired) electrons. The van der Waals surface area contributed by atoms with Crippen molar-refractivity contribution in [2.75, 3.05) is 0 Å². The highest BCUT2D eigenvalue weighted by Gasteiger charge is 2.32. The summed E-state index contributed by atoms with van der Waals surface area (Å²) in [7, 11) is 0. The number of benzene rings is 1. The molecule has 17 heavy (non-hydrogen) atoms. The molecule has 0 bridgehead atoms. The van der Waals surface area contributed by atoms with Gasteiger partial charge in [0.15, 0.2) is 0 Å². The molecule has 0 fully saturated rings. The van der Waals surface area contributed by atoms with Crippen LogP contribution in [0.15, 0.2) is 54.1 Å². The Morgan fingerprint density at radius 1 is 1.12 bits per heavy atom. The fraction of sp³-hybridized carbons (Fsp3) is 0.412. The highest BCUT2D eigenvalue weighted by atomic mass is 14.4. The monoisotopic (exact) mass is 226 g/mol. The van der Waals surface area contributed by atoms with Crippen molar-refractivity contribution < 1.29 is 0 Å². The molecule has 0 amide bonds. The first kappa shape index (κ1) is 12.2. The molecule has 1 unspecified atom stereocenters. The number of hydrogen-bond donors (Lipinski definition) is 0. The lowest BCUT2D eigenvalue weighted by atomic mass is 9.68. The average Bonchev–Trinajstić information content (AvgIpc) is 2.29. The molecule has 0 saturated carbocycles. The number of allylic oxidation sites excluding steroid dienone is 4. The Bertz CT molecular complexity index is 421. The van der Waals surface area contributed by atoms with E-state index in [1.165, 1.54) is 18.4 Å². The van der Waals surface area contributed by atoms with Crippen molar-refractivity contribution in [2.45, 2.75) is 39.5 Å². The minimum absolute atomic E-state index is 0.223. The molecule has 0 heterocycles. The van der Waals surface area contributed by atoms with Crippen LogP contribution in [0.3, 0.4) is 0 Å². The third-order valence-corrected chi connectivity index (χ3v) is 3.62. The van der Waals surface area contributed by atoms with Crippen LogP contribution in [-0.2, 0) is 0 Å². The zero-order valence-electron chi connectivity index (χ0n) is 11.1. The van der Waals surface area contributed by atoms with Crippen LogP contribution in [0.5, 0.6) is 0 Å². The standard InChI is InChI=1S/C17H22/c1-4-9-14-12-8-13-17(2,3)16(14)15-10-6-5-7-11-15/h5-8,10-13,16H,4,9H2,1-3H3. The zero-order valence-corrected chi connectivity index (χ0v) is 11.1. The summed E-state index contributed by atoms with van der Waals surface area (Å²) in [6, 6.07) is 10.9. The van der Waals surface area contributed by atoms with E-state index < -0.39 is 0 Å². The lowest BCUT2D eigenvalue weighted by Crippen LogP contribution is -2.23. The average molecular weight is 226 g/mol. The minimum atomic E-state index is 0.223. The molecule has 0 spiro atoms. The lowest BCUT2D eigenvalue weighted by Gasteiger charge is -2.36. The molecular formula is C17H22. The van der Waals surface area contributed by atoms with Gasteiger partial charge in [-0.3, -0.25) is 0 Å². The second-order valence-electron chi connectivity index (χ2n) is 5.52. The molecular weight excluding hydrogens is 204 g/mol. The molecule has 0 nitrogen and oxygen atoms in total. The van der Waals surface area contributed by atoms with Gasteiger partial charge in [0.1, 0.15) is 0 Å². The third-order valence-electron chi connectivity index (χ3n) is 3.62. The molecule has 1 aliphatic carbocycles. The van der Waals surface area contributed by atoms with E-state index in [-0.39, 0.29) is 5.41 Å². The van der Waals surface area contributed by atoms with Gasteiger partial charge in [-0.15, -0.1) is 0 Å². The van der Waals surface area contributed by atoms with Gasteiger partial charge in [-0.05, 0) is 17.4 Å². The van der Waals surface area contributed by atoms with E-state index in [1.54, 1.807) is 5.57 Å². The first-order valence-electron chi connectivity index (χ1n) is 6.58. The topological polar surface area (TPSA) is 0 Å². The van der Waals surface area contributed by atoms with Crippen molar-refractivity contribution in [2.24, 2.45) is 5.41 Å². The van der Waals surface area contributed by atoms with Gasteiger partial charge >= 0.3 is 0 Å². The van der Waals surface area contributed by atoms with Gasteiger partial charge in [0.05, 0.1) is 0 Å². The van der Waals surface area contributed by atoms with E-state index in [1.807, 2.05) is 0 Å². The van der Waals surface area contributed by atoms with Gasteiger partial charge in [0.2, 0.25) is 0 Å². The predicted molar refractivity (Wildman–Crippen MR) is 75.1 cm³/mol. The van der Waals surface area contributed by atoms with Crippen LogP contribution in [-0.4, -0.2) is 0 Å². The molecule has 0 aliphatic heterocycles. The summed E-state index contributed by atoms with van der Waals surface area (Å²) in [5.74, 6) is 0.536. The summed E-state index contributed by atoms with van der Waals surface area (Å²) in [6.07, 6.45) is 9.30. The Kier molecular flexibility index (Phi) is 3.51. The van der Waals surface area contributed by atoms with Crippen LogP contribution in [0.1, 0.15) is 45.1 Å². The normalized spacial score (nSPS) is 22.3. The number of hydrogen-bond acceptors (Lipinski definition) is 0. The molecule has 0 aromatic heterocycles. The maximum absolute atomic E-state index is 2.34. The van der Waals surface area contributed by atoms with E-state index >= 15 is 0 Å². The molecule has 1 atom stereocenters. The van der Waals surface area contributed by atoms with E-state index in [0.29, 0.717) is 5.92 Å². The van der Waals surface area contributed by atoms with Crippen LogP contribution in [0.2, 0.25) is 0 Å². The molecule has 1 aromatic carbocycles. The summed E-state index contributed by atoms with van der Waals surface area (Å²) < 4.78 is 0. The Balaban J connectivity index is 2.40. The minimum Gasteiger partial charge on any atom is -0.0779 e. The number of rotatable bonds is 3. The second-order valence-corrected chi connectivity index (χ2v) is 5.52. The molecule has 0 heteroatoms. The Morgan fingerprint density at radius 3 is 2.47 bits per heavy atom. The molecule has 1 aliphatic rings. The third kappa shape index (κ3) is 2.52. The van der Waals surface area contributed by atoms with Crippen LogP contribution >= 0.6 is 0 Å². The van der Waals surface area contributed by atoms with Crippen LogP contribution in [0.4, 0.5) is 0 Å². The summed E-state index contributed by atoms with van der Waals surface area (Å²) in [6.45, 7) is 6.93. The predicted octanol–water partition coefficient (Wildman–Crippen LogP) is 5.09. The van der Waals surface area contributed by atoms with Gasteiger partial charge in [-0.1, -0.05) is 81.3 Å². The zero-order chi connectivity index (χ0) is 12.3. The Labute approximate surface area is 105 Å². The largest absolute Gasteiger partial charge is 0.0779 e. The smallest absolute Gasteiger partial charge is 0.0137 e. The molecule has 1 aromatic rings. The Hall–Kier alpha value is -1.30. The maximum Gasteiger partial charge on any atom is 0.0137 e. The Morgan fingerprint density at radius 2 is 1.82 bits per heavy atom. The van der Waals surface area contributed by atoms with Crippen molar-refractivity contribution in [3.8, 4) is 0 Å². The first-order valence-corrected chi connectivity index (χ1v) is 6.58. The molecule has 0 N–H and O–H groups in total. The van der Waals surface area contributed by atoms with Crippen molar-refractivity contribution in [3.63, 3.8) is 0 Å². The van der Waals surface area contributed by atoms with Gasteiger partial charge in [0, 0.05) is 5.92 Å². The molecule has 90 valence electrons. The van der Waals surface area contributed by atoms with Crippen LogP contribution in [0, 0.1) is 5.41 Å². The van der Waals surface area contributed by atoms with E-state index in [0.717, 1.165) is 0 Å². The SMILES string of the molecule is CCCC1=CC=CC(C)(C)C1c1ccccc1. The van der Waals surface area contributed by atoms with Crippen molar-refractivity contribution >= 4 is 0 Å². The van der Waals surface area contributed by atoms with Gasteiger partial charge in [-0.2, -0.15) is 0 Å². The molecule has 2 rings (SSSR count). The summed E-state index contributed by atoms with van der Waals surface area (Å²) >= 11 is 0. The maximum atomic E-state index is 2.34. The van der Waals surface area contributed by atoms with Crippen molar-refractivity contribution in [1.29, 1.82) is 0 Å². The second kappa shape index (κ2) is 4.91. The van der Waals surface area contributed by atoms with Gasteiger partial charge in [0.25, 0.3) is 0 Å². The highest BCUT2D eigenvalue weighted by Crippen LogP contribution is 2.45. The fourth-order valence-electron chi connectivity index (χ4n) is 2.90. The summed E-state index contributed by atoms with van der Waals surface area (Å²) in [5.41, 5.74) is 3.24. The molecule has 0 saturated heterocycles. The van der Waals surface area contributed by atoms with Crippen LogP contribution in [0.25, 0.3) is 0 Å². The van der Waals surface area contributed by atoms with E-state index in [2.05, 4.69) is 69.3 Å².